The van der Waals surface area contributed by atoms with E-state index in [9.17, 15) is 8.78 Å². The van der Waals surface area contributed by atoms with Gasteiger partial charge in [0.15, 0.2) is 0 Å². The van der Waals surface area contributed by atoms with Gasteiger partial charge in [-0.25, -0.2) is 8.78 Å². The molecular weight excluding hydrogens is 222 g/mol. The Labute approximate surface area is 99.3 Å². The number of nitrogens with one attached hydrogen (secondary N) is 1. The van der Waals surface area contributed by atoms with Crippen molar-refractivity contribution in [2.75, 3.05) is 5.73 Å². The van der Waals surface area contributed by atoms with Crippen molar-refractivity contribution in [1.82, 2.24) is 0 Å². The van der Waals surface area contributed by atoms with Crippen LogP contribution in [0.5, 0.6) is 0 Å². The minimum Gasteiger partial charge on any atom is -0.399 e. The largest absolute Gasteiger partial charge is 0.399 e. The molecule has 4 heteroatoms. The van der Waals surface area contributed by atoms with Crippen molar-refractivity contribution in [3.05, 3.63) is 29.8 Å². The fourth-order valence-electron chi connectivity index (χ4n) is 2.60. The van der Waals surface area contributed by atoms with Crippen LogP contribution < -0.4 is 5.73 Å². The number of nitrogen functional groups attached to an aromatic ring is 1. The summed E-state index contributed by atoms with van der Waals surface area (Å²) >= 11 is 0. The highest BCUT2D eigenvalue weighted by Crippen LogP contribution is 2.54. The van der Waals surface area contributed by atoms with E-state index in [-0.39, 0.29) is 12.8 Å². The smallest absolute Gasteiger partial charge is 0.250 e. The predicted molar refractivity (Wildman–Crippen MR) is 64.7 cm³/mol. The third-order valence-corrected chi connectivity index (χ3v) is 3.49. The topological polar surface area (TPSA) is 49.9 Å². The monoisotopic (exact) mass is 238 g/mol. The Kier molecular flexibility index (Phi) is 2.68. The van der Waals surface area contributed by atoms with Gasteiger partial charge in [-0.05, 0) is 24.1 Å². The lowest BCUT2D eigenvalue weighted by molar-refractivity contribution is -0.105. The molecular formula is C13H16F2N2. The summed E-state index contributed by atoms with van der Waals surface area (Å²) in [4.78, 5) is 0. The first-order valence-corrected chi connectivity index (χ1v) is 5.71. The van der Waals surface area contributed by atoms with Crippen LogP contribution in [0.2, 0.25) is 0 Å². The molecule has 0 unspecified atom stereocenters. The number of nitrogens with two attached hydrogens (primary N) is 1. The van der Waals surface area contributed by atoms with Crippen LogP contribution in [0.15, 0.2) is 24.3 Å². The Morgan fingerprint density at radius 1 is 1.41 bits per heavy atom. The molecule has 0 atom stereocenters. The van der Waals surface area contributed by atoms with Crippen LogP contribution in [0.1, 0.15) is 31.7 Å². The molecule has 1 aromatic carbocycles. The number of benzene rings is 1. The van der Waals surface area contributed by atoms with Crippen molar-refractivity contribution in [2.24, 2.45) is 0 Å². The summed E-state index contributed by atoms with van der Waals surface area (Å²) in [5, 5.41) is 7.95. The molecule has 1 saturated carbocycles. The highest BCUT2D eigenvalue weighted by atomic mass is 19.3. The Morgan fingerprint density at radius 3 is 2.53 bits per heavy atom. The lowest BCUT2D eigenvalue weighted by Gasteiger charge is -2.48. The van der Waals surface area contributed by atoms with Crippen molar-refractivity contribution in [1.29, 1.82) is 5.41 Å². The predicted octanol–water partition coefficient (Wildman–Crippen LogP) is 3.37. The molecule has 92 valence electrons. The minimum absolute atomic E-state index is 0.268. The first-order valence-electron chi connectivity index (χ1n) is 5.71. The van der Waals surface area contributed by atoms with E-state index in [0.29, 0.717) is 17.8 Å². The zero-order valence-electron chi connectivity index (χ0n) is 9.76. The van der Waals surface area contributed by atoms with Crippen LogP contribution in [0, 0.1) is 5.41 Å². The van der Waals surface area contributed by atoms with Crippen molar-refractivity contribution < 1.29 is 8.78 Å². The van der Waals surface area contributed by atoms with Crippen LogP contribution in [-0.2, 0) is 5.41 Å². The second-order valence-corrected chi connectivity index (χ2v) is 4.75. The molecule has 0 saturated heterocycles. The van der Waals surface area contributed by atoms with E-state index in [2.05, 4.69) is 0 Å². The lowest BCUT2D eigenvalue weighted by Crippen LogP contribution is -2.54. The van der Waals surface area contributed by atoms with E-state index < -0.39 is 11.3 Å². The molecule has 0 bridgehead atoms. The van der Waals surface area contributed by atoms with E-state index in [1.165, 1.54) is 0 Å². The van der Waals surface area contributed by atoms with Crippen LogP contribution in [-0.4, -0.2) is 11.6 Å². The molecule has 1 aromatic rings. The molecule has 0 aromatic heterocycles. The maximum Gasteiger partial charge on any atom is 0.250 e. The van der Waals surface area contributed by atoms with Crippen molar-refractivity contribution >= 4 is 11.4 Å². The van der Waals surface area contributed by atoms with E-state index in [4.69, 9.17) is 11.1 Å². The third-order valence-electron chi connectivity index (χ3n) is 3.49. The summed E-state index contributed by atoms with van der Waals surface area (Å²) in [6, 6.07) is 6.98. The van der Waals surface area contributed by atoms with Gasteiger partial charge < -0.3 is 11.1 Å². The first kappa shape index (κ1) is 12.0. The maximum absolute atomic E-state index is 13.2. The maximum atomic E-state index is 13.2. The van der Waals surface area contributed by atoms with Gasteiger partial charge in [0.25, 0.3) is 5.92 Å². The quantitative estimate of drug-likeness (QED) is 0.615. The molecule has 2 rings (SSSR count). The van der Waals surface area contributed by atoms with Crippen LogP contribution in [0.4, 0.5) is 14.5 Å². The molecule has 0 radical (unpaired) electrons. The van der Waals surface area contributed by atoms with E-state index in [1.54, 1.807) is 24.3 Å². The van der Waals surface area contributed by atoms with Gasteiger partial charge in [0.05, 0.1) is 0 Å². The van der Waals surface area contributed by atoms with Gasteiger partial charge in [-0.2, -0.15) is 0 Å². The number of anilines is 1. The van der Waals surface area contributed by atoms with Gasteiger partial charge in [0.1, 0.15) is 0 Å². The van der Waals surface area contributed by atoms with Gasteiger partial charge in [-0.15, -0.1) is 0 Å². The summed E-state index contributed by atoms with van der Waals surface area (Å²) in [5.41, 5.74) is 6.56. The van der Waals surface area contributed by atoms with Gasteiger partial charge in [0.2, 0.25) is 0 Å². The van der Waals surface area contributed by atoms with Crippen LogP contribution in [0.25, 0.3) is 0 Å². The number of halogens is 2. The molecule has 17 heavy (non-hydrogen) atoms. The molecule has 0 aliphatic heterocycles. The second-order valence-electron chi connectivity index (χ2n) is 4.75. The van der Waals surface area contributed by atoms with E-state index in [1.807, 2.05) is 6.92 Å². The highest BCUT2D eigenvalue weighted by Gasteiger charge is 2.59. The molecule has 1 fully saturated rings. The molecule has 0 spiro atoms. The van der Waals surface area contributed by atoms with Crippen LogP contribution >= 0.6 is 0 Å². The van der Waals surface area contributed by atoms with Gasteiger partial charge in [-0.3, -0.25) is 0 Å². The van der Waals surface area contributed by atoms with E-state index in [0.717, 1.165) is 5.56 Å². The summed E-state index contributed by atoms with van der Waals surface area (Å²) in [7, 11) is 0. The van der Waals surface area contributed by atoms with Crippen molar-refractivity contribution in [3.8, 4) is 0 Å². The first-order chi connectivity index (χ1) is 7.89. The number of alkyl halides is 2. The molecule has 2 nitrogen and oxygen atoms in total. The zero-order valence-corrected chi connectivity index (χ0v) is 9.76. The Balaban J connectivity index is 2.40. The summed E-state index contributed by atoms with van der Waals surface area (Å²) in [5.74, 6) is -2.65. The molecule has 1 aliphatic rings. The van der Waals surface area contributed by atoms with E-state index >= 15 is 0 Å². The summed E-state index contributed by atoms with van der Waals surface area (Å²) in [6.45, 7) is 1.83. The SMILES string of the molecule is CCC(=N)C1(c2cccc(N)c2)CC(F)(F)C1. The minimum atomic E-state index is -2.65. The normalized spacial score (nSPS) is 20.6. The molecule has 1 aliphatic carbocycles. The lowest BCUT2D eigenvalue weighted by atomic mass is 9.59. The average molecular weight is 238 g/mol. The van der Waals surface area contributed by atoms with Crippen LogP contribution in [0.3, 0.4) is 0 Å². The van der Waals surface area contributed by atoms with Gasteiger partial charge >= 0.3 is 0 Å². The van der Waals surface area contributed by atoms with Gasteiger partial charge in [-0.1, -0.05) is 19.1 Å². The number of hydrogen-bond acceptors (Lipinski definition) is 2. The number of rotatable bonds is 3. The standard InChI is InChI=1S/C13H16F2N2/c1-2-11(17)12(7-13(14,15)8-12)9-4-3-5-10(16)6-9/h3-6,17H,2,7-8,16H2,1H3. The van der Waals surface area contributed by atoms with Gasteiger partial charge in [0, 0.05) is 29.7 Å². The second kappa shape index (κ2) is 3.79. The summed E-state index contributed by atoms with van der Waals surface area (Å²) in [6.07, 6.45) is -0.0445. The molecule has 0 amide bonds. The van der Waals surface area contributed by atoms with Crippen molar-refractivity contribution in [2.45, 2.75) is 37.5 Å². The molecule has 0 heterocycles. The third kappa shape index (κ3) is 1.92. The average Bonchev–Trinajstić information content (AvgIpc) is 2.24. The van der Waals surface area contributed by atoms with Crippen molar-refractivity contribution in [3.63, 3.8) is 0 Å². The Morgan fingerprint density at radius 2 is 2.06 bits per heavy atom. The fourth-order valence-corrected chi connectivity index (χ4v) is 2.60. The number of hydrogen-bond donors (Lipinski definition) is 2. The molecule has 3 N–H and O–H groups in total. The fraction of sp³-hybridized carbons (Fsp3) is 0.462. The zero-order chi connectivity index (χ0) is 12.7. The highest BCUT2D eigenvalue weighted by molar-refractivity contribution is 5.94. The summed E-state index contributed by atoms with van der Waals surface area (Å²) < 4.78 is 26.4. The Hall–Kier alpha value is -1.45. The Bertz CT molecular complexity index is 446.